The highest BCUT2D eigenvalue weighted by molar-refractivity contribution is 5.57. The first-order valence-electron chi connectivity index (χ1n) is 5.52. The van der Waals surface area contributed by atoms with Crippen LogP contribution in [0.3, 0.4) is 0 Å². The first kappa shape index (κ1) is 12.1. The number of ether oxygens (including phenoxy) is 2. The van der Waals surface area contributed by atoms with E-state index in [4.69, 9.17) is 4.74 Å². The van der Waals surface area contributed by atoms with Crippen LogP contribution in [0.1, 0.15) is 12.8 Å². The number of hydrogen-bond acceptors (Lipinski definition) is 3. The summed E-state index contributed by atoms with van der Waals surface area (Å²) < 4.78 is 34.0. The second-order valence-electron chi connectivity index (χ2n) is 4.05. The number of alkyl halides is 2. The molecule has 3 nitrogen and oxygen atoms in total. The van der Waals surface area contributed by atoms with Crippen molar-refractivity contribution in [1.29, 1.82) is 0 Å². The van der Waals surface area contributed by atoms with E-state index in [1.165, 1.54) is 6.07 Å². The van der Waals surface area contributed by atoms with Gasteiger partial charge >= 0.3 is 6.61 Å². The quantitative estimate of drug-likeness (QED) is 0.862. The zero-order valence-corrected chi connectivity index (χ0v) is 9.53. The summed E-state index contributed by atoms with van der Waals surface area (Å²) in [5.74, 6) is 0.184. The minimum absolute atomic E-state index is 0.184. The predicted molar refractivity (Wildman–Crippen MR) is 60.5 cm³/mol. The molecule has 2 rings (SSSR count). The number of anilines is 1. The maximum absolute atomic E-state index is 12.2. The molecule has 17 heavy (non-hydrogen) atoms. The van der Waals surface area contributed by atoms with E-state index in [9.17, 15) is 8.78 Å². The number of rotatable bonds is 5. The van der Waals surface area contributed by atoms with Gasteiger partial charge in [0.15, 0.2) is 0 Å². The lowest BCUT2D eigenvalue weighted by molar-refractivity contribution is -0.0494. The fourth-order valence-corrected chi connectivity index (χ4v) is 1.88. The van der Waals surface area contributed by atoms with Gasteiger partial charge in [0.05, 0.1) is 11.8 Å². The molecule has 5 heteroatoms. The summed E-state index contributed by atoms with van der Waals surface area (Å²) in [7, 11) is 1.68. The average Bonchev–Trinajstić information content (AvgIpc) is 2.24. The molecule has 1 fully saturated rings. The average molecular weight is 243 g/mol. The molecule has 0 atom stereocenters. The lowest BCUT2D eigenvalue weighted by atomic mass is 9.89. The highest BCUT2D eigenvalue weighted by Crippen LogP contribution is 2.31. The molecule has 1 N–H and O–H groups in total. The van der Waals surface area contributed by atoms with E-state index in [1.807, 2.05) is 0 Å². The number of para-hydroxylation sites is 2. The minimum Gasteiger partial charge on any atom is -0.433 e. The molecule has 94 valence electrons. The number of methoxy groups -OCH3 is 1. The molecule has 0 saturated heterocycles. The predicted octanol–water partition coefficient (Wildman–Crippen LogP) is 2.88. The third kappa shape index (κ3) is 3.06. The van der Waals surface area contributed by atoms with Crippen molar-refractivity contribution in [3.05, 3.63) is 24.3 Å². The van der Waals surface area contributed by atoms with E-state index in [1.54, 1.807) is 25.3 Å². The van der Waals surface area contributed by atoms with Gasteiger partial charge in [-0.2, -0.15) is 8.78 Å². The summed E-state index contributed by atoms with van der Waals surface area (Å²) in [6, 6.07) is 6.98. The first-order valence-corrected chi connectivity index (χ1v) is 5.52. The van der Waals surface area contributed by atoms with Gasteiger partial charge in [-0.3, -0.25) is 0 Å². The summed E-state index contributed by atoms with van der Waals surface area (Å²) in [6.07, 6.45) is 2.05. The number of halogens is 2. The largest absolute Gasteiger partial charge is 0.433 e. The Morgan fingerprint density at radius 1 is 1.29 bits per heavy atom. The van der Waals surface area contributed by atoms with Crippen LogP contribution in [0.25, 0.3) is 0 Å². The molecule has 0 amide bonds. The van der Waals surface area contributed by atoms with Crippen molar-refractivity contribution in [2.24, 2.45) is 0 Å². The number of benzene rings is 1. The van der Waals surface area contributed by atoms with Crippen LogP contribution in [0, 0.1) is 0 Å². The van der Waals surface area contributed by atoms with Gasteiger partial charge in [-0.25, -0.2) is 0 Å². The first-order chi connectivity index (χ1) is 8.19. The Hall–Kier alpha value is -1.36. The van der Waals surface area contributed by atoms with Gasteiger partial charge in [-0.15, -0.1) is 0 Å². The van der Waals surface area contributed by atoms with Gasteiger partial charge in [0.25, 0.3) is 0 Å². The van der Waals surface area contributed by atoms with Crippen LogP contribution < -0.4 is 10.1 Å². The van der Waals surface area contributed by atoms with Crippen molar-refractivity contribution in [2.75, 3.05) is 12.4 Å². The molecular formula is C12H15F2NO2. The summed E-state index contributed by atoms with van der Waals surface area (Å²) >= 11 is 0. The second-order valence-corrected chi connectivity index (χ2v) is 4.05. The Labute approximate surface area is 98.7 Å². The Kier molecular flexibility index (Phi) is 3.78. The molecule has 0 radical (unpaired) electrons. The van der Waals surface area contributed by atoms with E-state index in [-0.39, 0.29) is 17.9 Å². The zero-order valence-electron chi connectivity index (χ0n) is 9.53. The normalized spacial score (nSPS) is 23.3. The van der Waals surface area contributed by atoms with Gasteiger partial charge in [-0.1, -0.05) is 12.1 Å². The molecular weight excluding hydrogens is 228 g/mol. The van der Waals surface area contributed by atoms with Gasteiger partial charge in [0.2, 0.25) is 0 Å². The van der Waals surface area contributed by atoms with E-state index < -0.39 is 6.61 Å². The van der Waals surface area contributed by atoms with Crippen molar-refractivity contribution >= 4 is 5.69 Å². The molecule has 0 heterocycles. The highest BCUT2D eigenvalue weighted by atomic mass is 19.3. The summed E-state index contributed by atoms with van der Waals surface area (Å²) in [4.78, 5) is 0. The minimum atomic E-state index is -2.80. The molecule has 1 saturated carbocycles. The standard InChI is InChI=1S/C12H15F2NO2/c1-16-9-6-8(7-9)15-10-4-2-3-5-11(10)17-12(13)14/h2-5,8-9,12,15H,6-7H2,1H3. The highest BCUT2D eigenvalue weighted by Gasteiger charge is 2.29. The van der Waals surface area contributed by atoms with Crippen molar-refractivity contribution in [2.45, 2.75) is 31.6 Å². The molecule has 0 bridgehead atoms. The topological polar surface area (TPSA) is 30.5 Å². The Bertz CT molecular complexity index is 367. The van der Waals surface area contributed by atoms with E-state index in [0.29, 0.717) is 5.69 Å². The van der Waals surface area contributed by atoms with Crippen molar-refractivity contribution in [1.82, 2.24) is 0 Å². The summed E-state index contributed by atoms with van der Waals surface area (Å²) in [5.41, 5.74) is 0.604. The SMILES string of the molecule is COC1CC(Nc2ccccc2OC(F)F)C1. The molecule has 1 aliphatic rings. The van der Waals surface area contributed by atoms with Gasteiger partial charge in [0, 0.05) is 13.2 Å². The third-order valence-electron chi connectivity index (χ3n) is 2.89. The molecule has 0 spiro atoms. The summed E-state index contributed by atoms with van der Waals surface area (Å²) in [5, 5.41) is 3.18. The maximum atomic E-state index is 12.2. The van der Waals surface area contributed by atoms with Crippen LogP contribution in [-0.4, -0.2) is 25.9 Å². The smallest absolute Gasteiger partial charge is 0.387 e. The van der Waals surface area contributed by atoms with Gasteiger partial charge in [0.1, 0.15) is 5.75 Å². The van der Waals surface area contributed by atoms with E-state index in [0.717, 1.165) is 12.8 Å². The number of nitrogens with one attached hydrogen (secondary N) is 1. The molecule has 0 unspecified atom stereocenters. The second kappa shape index (κ2) is 5.31. The molecule has 1 aromatic rings. The lowest BCUT2D eigenvalue weighted by Gasteiger charge is -2.35. The maximum Gasteiger partial charge on any atom is 0.387 e. The van der Waals surface area contributed by atoms with Crippen LogP contribution in [0.4, 0.5) is 14.5 Å². The number of hydrogen-bond donors (Lipinski definition) is 1. The Balaban J connectivity index is 1.96. The van der Waals surface area contributed by atoms with Gasteiger partial charge < -0.3 is 14.8 Å². The fraction of sp³-hybridized carbons (Fsp3) is 0.500. The van der Waals surface area contributed by atoms with Gasteiger partial charge in [-0.05, 0) is 25.0 Å². The van der Waals surface area contributed by atoms with Crippen LogP contribution in [0.15, 0.2) is 24.3 Å². The van der Waals surface area contributed by atoms with Crippen LogP contribution in [0.2, 0.25) is 0 Å². The molecule has 0 aromatic heterocycles. The Morgan fingerprint density at radius 3 is 2.65 bits per heavy atom. The van der Waals surface area contributed by atoms with Crippen LogP contribution in [-0.2, 0) is 4.74 Å². The third-order valence-corrected chi connectivity index (χ3v) is 2.89. The fourth-order valence-electron chi connectivity index (χ4n) is 1.88. The zero-order chi connectivity index (χ0) is 12.3. The van der Waals surface area contributed by atoms with Crippen LogP contribution in [0.5, 0.6) is 5.75 Å². The van der Waals surface area contributed by atoms with Crippen LogP contribution >= 0.6 is 0 Å². The van der Waals surface area contributed by atoms with Crippen molar-refractivity contribution < 1.29 is 18.3 Å². The monoisotopic (exact) mass is 243 g/mol. The van der Waals surface area contributed by atoms with E-state index >= 15 is 0 Å². The molecule has 1 aromatic carbocycles. The molecule has 0 aliphatic heterocycles. The van der Waals surface area contributed by atoms with E-state index in [2.05, 4.69) is 10.1 Å². The Morgan fingerprint density at radius 2 is 2.00 bits per heavy atom. The molecule has 1 aliphatic carbocycles. The summed E-state index contributed by atoms with van der Waals surface area (Å²) in [6.45, 7) is -2.80. The van der Waals surface area contributed by atoms with Crippen molar-refractivity contribution in [3.63, 3.8) is 0 Å². The lowest BCUT2D eigenvalue weighted by Crippen LogP contribution is -2.40. The van der Waals surface area contributed by atoms with Crippen molar-refractivity contribution in [3.8, 4) is 5.75 Å².